The van der Waals surface area contributed by atoms with Crippen LogP contribution in [0.15, 0.2) is 48.5 Å². The first kappa shape index (κ1) is 19.7. The maximum Gasteiger partial charge on any atom is 0.336 e. The molecule has 1 N–H and O–H groups in total. The second-order valence-corrected chi connectivity index (χ2v) is 9.42. The lowest BCUT2D eigenvalue weighted by molar-refractivity contribution is 0.179. The van der Waals surface area contributed by atoms with Crippen LogP contribution in [0, 0.1) is 0 Å². The van der Waals surface area contributed by atoms with Crippen molar-refractivity contribution in [3.05, 3.63) is 65.2 Å². The fourth-order valence-corrected chi connectivity index (χ4v) is 4.27. The van der Waals surface area contributed by atoms with Gasteiger partial charge in [0.1, 0.15) is 5.75 Å². The van der Waals surface area contributed by atoms with E-state index in [1.54, 1.807) is 12.0 Å². The normalized spacial score (nSPS) is 19.7. The fraction of sp³-hybridized carbons (Fsp3) is 0.381. The largest absolute Gasteiger partial charge is 0.497 e. The summed E-state index contributed by atoms with van der Waals surface area (Å²) in [5, 5.41) is 1.18. The molecule has 0 aromatic heterocycles. The lowest BCUT2D eigenvalue weighted by Crippen LogP contribution is -2.44. The number of ether oxygens (including phenoxy) is 1. The maximum atomic E-state index is 13.0. The van der Waals surface area contributed by atoms with Crippen LogP contribution in [0.1, 0.15) is 41.5 Å². The van der Waals surface area contributed by atoms with Crippen molar-refractivity contribution in [1.29, 1.82) is 0 Å². The van der Waals surface area contributed by atoms with E-state index in [1.807, 2.05) is 24.3 Å². The third-order valence-electron chi connectivity index (χ3n) is 5.37. The number of benzene rings is 2. The molecular formula is C21H25N3O4S. The maximum absolute atomic E-state index is 13.0. The highest BCUT2D eigenvalue weighted by atomic mass is 32.2. The first-order chi connectivity index (χ1) is 13.8. The molecule has 0 bridgehead atoms. The van der Waals surface area contributed by atoms with E-state index in [-0.39, 0.29) is 18.6 Å². The van der Waals surface area contributed by atoms with Crippen molar-refractivity contribution < 1.29 is 17.9 Å². The molecule has 2 aromatic carbocycles. The van der Waals surface area contributed by atoms with Crippen LogP contribution in [0.3, 0.4) is 0 Å². The fourth-order valence-electron chi connectivity index (χ4n) is 3.71. The highest BCUT2D eigenvalue weighted by molar-refractivity contribution is 7.88. The summed E-state index contributed by atoms with van der Waals surface area (Å²) in [6.07, 6.45) is 3.51. The van der Waals surface area contributed by atoms with Gasteiger partial charge in [0.25, 0.3) is 0 Å². The second-order valence-electron chi connectivity index (χ2n) is 7.69. The number of urea groups is 1. The van der Waals surface area contributed by atoms with E-state index >= 15 is 0 Å². The van der Waals surface area contributed by atoms with Gasteiger partial charge in [0.15, 0.2) is 0 Å². The minimum atomic E-state index is -3.55. The number of nitrogens with one attached hydrogen (secondary N) is 1. The van der Waals surface area contributed by atoms with Gasteiger partial charge in [0.2, 0.25) is 10.0 Å². The molecule has 7 nitrogen and oxygen atoms in total. The van der Waals surface area contributed by atoms with E-state index < -0.39 is 10.0 Å². The van der Waals surface area contributed by atoms with E-state index in [1.165, 1.54) is 23.4 Å². The Morgan fingerprint density at radius 1 is 1.03 bits per heavy atom. The SMILES string of the molecule is COc1ccc(CN2C(=O)N(NS(C)(=O)=O)CC2c2ccc(C3CC3)cc2)cc1. The van der Waals surface area contributed by atoms with E-state index in [4.69, 9.17) is 4.74 Å². The molecule has 1 unspecified atom stereocenters. The minimum Gasteiger partial charge on any atom is -0.497 e. The number of nitrogens with zero attached hydrogens (tertiary/aromatic N) is 2. The molecule has 0 spiro atoms. The number of carbonyl (C=O) groups is 1. The molecule has 1 atom stereocenters. The predicted molar refractivity (Wildman–Crippen MR) is 110 cm³/mol. The summed E-state index contributed by atoms with van der Waals surface area (Å²) in [7, 11) is -1.94. The summed E-state index contributed by atoms with van der Waals surface area (Å²) in [6.45, 7) is 0.630. The highest BCUT2D eigenvalue weighted by Gasteiger charge is 2.39. The van der Waals surface area contributed by atoms with Crippen LogP contribution in [0.4, 0.5) is 4.79 Å². The number of sulfonamides is 1. The molecule has 2 aliphatic rings. The Kier molecular flexibility index (Phi) is 5.23. The zero-order chi connectivity index (χ0) is 20.6. The molecule has 8 heteroatoms. The Morgan fingerprint density at radius 3 is 2.21 bits per heavy atom. The summed E-state index contributed by atoms with van der Waals surface area (Å²) < 4.78 is 28.6. The molecule has 1 aliphatic heterocycles. The van der Waals surface area contributed by atoms with Crippen molar-refractivity contribution >= 4 is 16.1 Å². The van der Waals surface area contributed by atoms with Gasteiger partial charge >= 0.3 is 6.03 Å². The summed E-state index contributed by atoms with van der Waals surface area (Å²) in [6, 6.07) is 15.3. The zero-order valence-electron chi connectivity index (χ0n) is 16.5. The average molecular weight is 416 g/mol. The Hall–Kier alpha value is -2.58. The summed E-state index contributed by atoms with van der Waals surface area (Å²) >= 11 is 0. The van der Waals surface area contributed by atoms with Gasteiger partial charge in [-0.05, 0) is 47.6 Å². The van der Waals surface area contributed by atoms with Crippen molar-refractivity contribution in [3.63, 3.8) is 0 Å². The van der Waals surface area contributed by atoms with Crippen LogP contribution in [0.2, 0.25) is 0 Å². The van der Waals surface area contributed by atoms with Gasteiger partial charge < -0.3 is 9.64 Å². The molecule has 2 aromatic rings. The molecule has 4 rings (SSSR count). The highest BCUT2D eigenvalue weighted by Crippen LogP contribution is 2.40. The first-order valence-corrected chi connectivity index (χ1v) is 11.5. The lowest BCUT2D eigenvalue weighted by atomic mass is 10.0. The van der Waals surface area contributed by atoms with Crippen LogP contribution in [-0.2, 0) is 16.6 Å². The smallest absolute Gasteiger partial charge is 0.336 e. The topological polar surface area (TPSA) is 79.0 Å². The standard InChI is InChI=1S/C21H25N3O4S/c1-28-19-11-3-15(4-12-19)13-23-20(14-24(21(23)25)22-29(2,26)27)18-9-7-17(8-10-18)16-5-6-16/h3-4,7-12,16,20,22H,5-6,13-14H2,1-2H3. The molecule has 0 radical (unpaired) electrons. The molecule has 1 saturated carbocycles. The summed E-state index contributed by atoms with van der Waals surface area (Å²) in [4.78, 5) is 17.0. The quantitative estimate of drug-likeness (QED) is 0.754. The molecule has 2 fully saturated rings. The van der Waals surface area contributed by atoms with Gasteiger partial charge in [-0.2, -0.15) is 0 Å². The van der Waals surface area contributed by atoms with Crippen LogP contribution in [0.25, 0.3) is 0 Å². The van der Waals surface area contributed by atoms with Gasteiger partial charge in [-0.3, -0.25) is 0 Å². The minimum absolute atomic E-state index is 0.243. The number of hydrazine groups is 1. The number of methoxy groups -OCH3 is 1. The number of amides is 2. The Balaban J connectivity index is 1.60. The van der Waals surface area contributed by atoms with E-state index in [9.17, 15) is 13.2 Å². The van der Waals surface area contributed by atoms with Gasteiger partial charge in [-0.25, -0.2) is 18.2 Å². The first-order valence-electron chi connectivity index (χ1n) is 9.62. The Morgan fingerprint density at radius 2 is 1.66 bits per heavy atom. The number of hydrogen-bond donors (Lipinski definition) is 1. The van der Waals surface area contributed by atoms with Gasteiger partial charge in [0.05, 0.1) is 26.0 Å². The third kappa shape index (κ3) is 4.54. The van der Waals surface area contributed by atoms with E-state index in [0.29, 0.717) is 12.5 Å². The van der Waals surface area contributed by atoms with Crippen molar-refractivity contribution in [1.82, 2.24) is 14.7 Å². The van der Waals surface area contributed by atoms with Crippen LogP contribution in [0.5, 0.6) is 5.75 Å². The molecule has 1 aliphatic carbocycles. The second kappa shape index (κ2) is 7.68. The molecule has 2 amide bonds. The van der Waals surface area contributed by atoms with Crippen molar-refractivity contribution in [2.24, 2.45) is 0 Å². The lowest BCUT2D eigenvalue weighted by Gasteiger charge is -2.24. The number of carbonyl (C=O) groups excluding carboxylic acids is 1. The van der Waals surface area contributed by atoms with Crippen LogP contribution >= 0.6 is 0 Å². The molecular weight excluding hydrogens is 390 g/mol. The van der Waals surface area contributed by atoms with Gasteiger partial charge in [-0.1, -0.05) is 36.4 Å². The summed E-state index contributed by atoms with van der Waals surface area (Å²) in [5.74, 6) is 1.40. The van der Waals surface area contributed by atoms with Gasteiger partial charge in [-0.15, -0.1) is 4.83 Å². The molecule has 154 valence electrons. The van der Waals surface area contributed by atoms with Gasteiger partial charge in [0, 0.05) is 6.54 Å². The van der Waals surface area contributed by atoms with Crippen molar-refractivity contribution in [3.8, 4) is 5.75 Å². The van der Waals surface area contributed by atoms with E-state index in [2.05, 4.69) is 29.1 Å². The average Bonchev–Trinajstić information content (AvgIpc) is 3.50. The predicted octanol–water partition coefficient (Wildman–Crippen LogP) is 3.02. The molecule has 1 heterocycles. The van der Waals surface area contributed by atoms with Crippen LogP contribution < -0.4 is 9.57 Å². The molecule has 1 saturated heterocycles. The van der Waals surface area contributed by atoms with Crippen molar-refractivity contribution in [2.45, 2.75) is 31.3 Å². The van der Waals surface area contributed by atoms with E-state index in [0.717, 1.165) is 23.1 Å². The molecule has 29 heavy (non-hydrogen) atoms. The summed E-state index contributed by atoms with van der Waals surface area (Å²) in [5.41, 5.74) is 3.26. The number of hydrogen-bond acceptors (Lipinski definition) is 4. The van der Waals surface area contributed by atoms with Crippen LogP contribution in [-0.4, -0.2) is 44.3 Å². The zero-order valence-corrected chi connectivity index (χ0v) is 17.4. The Labute approximate surface area is 171 Å². The van der Waals surface area contributed by atoms with Crippen molar-refractivity contribution in [2.75, 3.05) is 19.9 Å². The Bertz CT molecular complexity index is 986. The third-order valence-corrected chi connectivity index (χ3v) is 5.92. The monoisotopic (exact) mass is 415 g/mol. The number of rotatable bonds is 7.